The molecule has 0 saturated heterocycles. The number of urea groups is 1. The Hall–Kier alpha value is -3.71. The summed E-state index contributed by atoms with van der Waals surface area (Å²) in [5, 5.41) is 5.92. The standard InChI is InChI=1S/C26H26ClN3O4/c1-33-23-16-24(34-2)20(15-19(23)27)28-26(32)29-21(14-17-8-4-3-5-9-17)25(31)30-13-12-18-10-6-7-11-22(18)30/h3-11,15-16,21H,12-14H2,1-2H3,(H2,28,29,32). The number of rotatable bonds is 7. The van der Waals surface area contributed by atoms with Crippen molar-refractivity contribution in [3.63, 3.8) is 0 Å². The maximum atomic E-state index is 13.6. The van der Waals surface area contributed by atoms with Gasteiger partial charge in [0.15, 0.2) is 0 Å². The van der Waals surface area contributed by atoms with Gasteiger partial charge in [-0.25, -0.2) is 4.79 Å². The maximum absolute atomic E-state index is 13.6. The molecular weight excluding hydrogens is 454 g/mol. The van der Waals surface area contributed by atoms with Gasteiger partial charge >= 0.3 is 6.03 Å². The van der Waals surface area contributed by atoms with Crippen LogP contribution < -0.4 is 25.0 Å². The molecule has 3 aromatic rings. The average Bonchev–Trinajstić information content (AvgIpc) is 3.28. The molecule has 2 N–H and O–H groups in total. The number of anilines is 2. The van der Waals surface area contributed by atoms with Crippen LogP contribution in [0.5, 0.6) is 11.5 Å². The van der Waals surface area contributed by atoms with Gasteiger partial charge in [-0.15, -0.1) is 0 Å². The summed E-state index contributed by atoms with van der Waals surface area (Å²) >= 11 is 6.23. The third-order valence-corrected chi connectivity index (χ3v) is 6.06. The molecule has 0 saturated carbocycles. The van der Waals surface area contributed by atoms with E-state index in [9.17, 15) is 9.59 Å². The van der Waals surface area contributed by atoms with Gasteiger partial charge in [0.1, 0.15) is 17.5 Å². The number of nitrogens with zero attached hydrogens (tertiary/aromatic N) is 1. The zero-order valence-corrected chi connectivity index (χ0v) is 19.8. The van der Waals surface area contributed by atoms with Crippen LogP contribution in [0, 0.1) is 0 Å². The van der Waals surface area contributed by atoms with Crippen LogP contribution in [0.3, 0.4) is 0 Å². The van der Waals surface area contributed by atoms with Crippen LogP contribution in [-0.4, -0.2) is 38.7 Å². The summed E-state index contributed by atoms with van der Waals surface area (Å²) in [6.45, 7) is 0.578. The molecule has 1 heterocycles. The Labute approximate surface area is 203 Å². The fourth-order valence-electron chi connectivity index (χ4n) is 4.08. The summed E-state index contributed by atoms with van der Waals surface area (Å²) in [6.07, 6.45) is 1.14. The molecule has 176 valence electrons. The molecule has 0 spiro atoms. The van der Waals surface area contributed by atoms with E-state index < -0.39 is 12.1 Å². The predicted octanol–water partition coefficient (Wildman–Crippen LogP) is 4.68. The Bertz CT molecular complexity index is 1190. The molecule has 3 aromatic carbocycles. The number of para-hydroxylation sites is 1. The fourth-order valence-corrected chi connectivity index (χ4v) is 4.32. The Kier molecular flexibility index (Phi) is 7.23. The van der Waals surface area contributed by atoms with Crippen molar-refractivity contribution in [2.75, 3.05) is 31.0 Å². The van der Waals surface area contributed by atoms with Crippen molar-refractivity contribution in [3.8, 4) is 11.5 Å². The number of hydrogen-bond donors (Lipinski definition) is 2. The number of benzene rings is 3. The molecule has 3 amide bonds. The molecule has 34 heavy (non-hydrogen) atoms. The molecule has 4 rings (SSSR count). The topological polar surface area (TPSA) is 79.9 Å². The number of hydrogen-bond acceptors (Lipinski definition) is 4. The van der Waals surface area contributed by atoms with Crippen molar-refractivity contribution < 1.29 is 19.1 Å². The van der Waals surface area contributed by atoms with Gasteiger partial charge in [0.2, 0.25) is 5.91 Å². The predicted molar refractivity (Wildman–Crippen MR) is 133 cm³/mol. The largest absolute Gasteiger partial charge is 0.495 e. The first kappa shape index (κ1) is 23.4. The zero-order valence-electron chi connectivity index (χ0n) is 19.0. The van der Waals surface area contributed by atoms with Crippen LogP contribution in [0.15, 0.2) is 66.7 Å². The fraction of sp³-hybridized carbons (Fsp3) is 0.231. The summed E-state index contributed by atoms with van der Waals surface area (Å²) in [5.74, 6) is 0.647. The molecule has 0 aliphatic carbocycles. The van der Waals surface area contributed by atoms with E-state index in [2.05, 4.69) is 10.6 Å². The average molecular weight is 480 g/mol. The number of carbonyl (C=O) groups excluding carboxylic acids is 2. The van der Waals surface area contributed by atoms with Crippen LogP contribution in [0.1, 0.15) is 11.1 Å². The first-order valence-corrected chi connectivity index (χ1v) is 11.3. The van der Waals surface area contributed by atoms with Crippen molar-refractivity contribution in [2.24, 2.45) is 0 Å². The van der Waals surface area contributed by atoms with Gasteiger partial charge in [0.05, 0.1) is 24.9 Å². The normalized spacial score (nSPS) is 13.1. The molecule has 1 aliphatic rings. The lowest BCUT2D eigenvalue weighted by Crippen LogP contribution is -2.50. The van der Waals surface area contributed by atoms with Crippen molar-refractivity contribution >= 4 is 34.9 Å². The number of amides is 3. The minimum Gasteiger partial charge on any atom is -0.495 e. The first-order chi connectivity index (χ1) is 16.5. The number of methoxy groups -OCH3 is 2. The summed E-state index contributed by atoms with van der Waals surface area (Å²) < 4.78 is 10.6. The van der Waals surface area contributed by atoms with E-state index in [0.717, 1.165) is 23.2 Å². The van der Waals surface area contributed by atoms with E-state index in [1.54, 1.807) is 17.0 Å². The second-order valence-electron chi connectivity index (χ2n) is 7.90. The zero-order chi connectivity index (χ0) is 24.1. The lowest BCUT2D eigenvalue weighted by Gasteiger charge is -2.25. The Balaban J connectivity index is 1.56. The van der Waals surface area contributed by atoms with Gasteiger partial charge in [-0.05, 0) is 29.7 Å². The third-order valence-electron chi connectivity index (χ3n) is 5.76. The molecular formula is C26H26ClN3O4. The highest BCUT2D eigenvalue weighted by atomic mass is 35.5. The van der Waals surface area contributed by atoms with Gasteiger partial charge < -0.3 is 25.0 Å². The quantitative estimate of drug-likeness (QED) is 0.515. The third kappa shape index (κ3) is 5.10. The molecule has 0 radical (unpaired) electrons. The van der Waals surface area contributed by atoms with E-state index in [1.165, 1.54) is 14.2 Å². The van der Waals surface area contributed by atoms with Crippen LogP contribution >= 0.6 is 11.6 Å². The molecule has 1 unspecified atom stereocenters. The second kappa shape index (κ2) is 10.5. The lowest BCUT2D eigenvalue weighted by atomic mass is 10.0. The number of fused-ring (bicyclic) bond motifs is 1. The van der Waals surface area contributed by atoms with E-state index in [-0.39, 0.29) is 5.91 Å². The van der Waals surface area contributed by atoms with E-state index in [1.807, 2.05) is 54.6 Å². The molecule has 7 nitrogen and oxygen atoms in total. The van der Waals surface area contributed by atoms with Crippen LogP contribution in [0.25, 0.3) is 0 Å². The SMILES string of the molecule is COc1cc(OC)c(NC(=O)NC(Cc2ccccc2)C(=O)N2CCc3ccccc32)cc1Cl. The van der Waals surface area contributed by atoms with Gasteiger partial charge in [-0.1, -0.05) is 60.1 Å². The lowest BCUT2D eigenvalue weighted by molar-refractivity contribution is -0.120. The number of ether oxygens (including phenoxy) is 2. The Morgan fingerprint density at radius 1 is 1.00 bits per heavy atom. The summed E-state index contributed by atoms with van der Waals surface area (Å²) in [4.78, 5) is 28.3. The van der Waals surface area contributed by atoms with Gasteiger partial charge in [-0.2, -0.15) is 0 Å². The molecule has 1 aliphatic heterocycles. The van der Waals surface area contributed by atoms with Crippen molar-refractivity contribution in [1.82, 2.24) is 5.32 Å². The molecule has 8 heteroatoms. The van der Waals surface area contributed by atoms with Crippen molar-refractivity contribution in [3.05, 3.63) is 82.9 Å². The molecule has 0 aromatic heterocycles. The maximum Gasteiger partial charge on any atom is 0.320 e. The smallest absolute Gasteiger partial charge is 0.320 e. The first-order valence-electron chi connectivity index (χ1n) is 10.9. The van der Waals surface area contributed by atoms with E-state index in [0.29, 0.717) is 35.2 Å². The summed E-state index contributed by atoms with van der Waals surface area (Å²) in [6, 6.07) is 19.3. The minimum atomic E-state index is -0.770. The molecule has 0 bridgehead atoms. The van der Waals surface area contributed by atoms with Crippen LogP contribution in [-0.2, 0) is 17.6 Å². The highest BCUT2D eigenvalue weighted by Crippen LogP contribution is 2.36. The van der Waals surface area contributed by atoms with Crippen LogP contribution in [0.2, 0.25) is 5.02 Å². The van der Waals surface area contributed by atoms with Gasteiger partial charge in [0.25, 0.3) is 0 Å². The van der Waals surface area contributed by atoms with Gasteiger partial charge in [-0.3, -0.25) is 4.79 Å². The number of nitrogens with one attached hydrogen (secondary N) is 2. The monoisotopic (exact) mass is 479 g/mol. The molecule has 1 atom stereocenters. The number of halogens is 1. The van der Waals surface area contributed by atoms with E-state index in [4.69, 9.17) is 21.1 Å². The highest BCUT2D eigenvalue weighted by molar-refractivity contribution is 6.32. The summed E-state index contributed by atoms with van der Waals surface area (Å²) in [5.41, 5.74) is 3.31. The summed E-state index contributed by atoms with van der Waals surface area (Å²) in [7, 11) is 2.98. The molecule has 0 fully saturated rings. The second-order valence-corrected chi connectivity index (χ2v) is 8.30. The Morgan fingerprint density at radius 3 is 2.44 bits per heavy atom. The minimum absolute atomic E-state index is 0.163. The highest BCUT2D eigenvalue weighted by Gasteiger charge is 2.31. The van der Waals surface area contributed by atoms with Crippen molar-refractivity contribution in [1.29, 1.82) is 0 Å². The number of carbonyl (C=O) groups is 2. The van der Waals surface area contributed by atoms with E-state index >= 15 is 0 Å². The van der Waals surface area contributed by atoms with Crippen LogP contribution in [0.4, 0.5) is 16.2 Å². The van der Waals surface area contributed by atoms with Gasteiger partial charge in [0, 0.05) is 24.7 Å². The van der Waals surface area contributed by atoms with Crippen molar-refractivity contribution in [2.45, 2.75) is 18.9 Å². The Morgan fingerprint density at radius 2 is 1.71 bits per heavy atom.